The van der Waals surface area contributed by atoms with E-state index in [-0.39, 0.29) is 0 Å². The number of fused-ring (bicyclic) bond motifs is 1. The molecule has 1 aromatic carbocycles. The monoisotopic (exact) mass is 270 g/mol. The van der Waals surface area contributed by atoms with Crippen LogP contribution in [-0.4, -0.2) is 19.6 Å². The molecule has 3 rings (SSSR count). The minimum absolute atomic E-state index is 0.666. The minimum atomic E-state index is 0.666. The normalized spacial score (nSPS) is 11.1. The molecule has 2 heterocycles. The van der Waals surface area contributed by atoms with E-state index in [0.717, 1.165) is 27.0 Å². The van der Waals surface area contributed by atoms with E-state index in [4.69, 9.17) is 0 Å². The predicted octanol–water partition coefficient (Wildman–Crippen LogP) is 3.20. The SMILES string of the molecule is Cc1nc2nc(Sc3ccccc3)nn2c(C)c1C. The molecule has 0 atom stereocenters. The van der Waals surface area contributed by atoms with Gasteiger partial charge in [0.1, 0.15) is 0 Å². The van der Waals surface area contributed by atoms with Crippen molar-refractivity contribution in [3.63, 3.8) is 0 Å². The fourth-order valence-electron chi connectivity index (χ4n) is 1.87. The molecule has 0 aliphatic heterocycles. The van der Waals surface area contributed by atoms with Gasteiger partial charge in [-0.3, -0.25) is 0 Å². The third-order valence-electron chi connectivity index (χ3n) is 3.19. The first kappa shape index (κ1) is 12.2. The molecule has 3 aromatic rings. The van der Waals surface area contributed by atoms with Crippen molar-refractivity contribution in [3.8, 4) is 0 Å². The van der Waals surface area contributed by atoms with Crippen LogP contribution in [0.4, 0.5) is 0 Å². The minimum Gasteiger partial charge on any atom is -0.216 e. The van der Waals surface area contributed by atoms with Crippen molar-refractivity contribution in [1.29, 1.82) is 0 Å². The lowest BCUT2D eigenvalue weighted by molar-refractivity contribution is 0.832. The lowest BCUT2D eigenvalue weighted by atomic mass is 10.2. The van der Waals surface area contributed by atoms with E-state index in [1.54, 1.807) is 11.8 Å². The van der Waals surface area contributed by atoms with Crippen LogP contribution >= 0.6 is 11.8 Å². The van der Waals surface area contributed by atoms with E-state index in [0.29, 0.717) is 5.78 Å². The highest BCUT2D eigenvalue weighted by Gasteiger charge is 2.11. The highest BCUT2D eigenvalue weighted by atomic mass is 32.2. The average molecular weight is 270 g/mol. The summed E-state index contributed by atoms with van der Waals surface area (Å²) in [5.41, 5.74) is 3.26. The molecular formula is C14H14N4S. The number of aryl methyl sites for hydroxylation is 2. The maximum Gasteiger partial charge on any atom is 0.253 e. The van der Waals surface area contributed by atoms with E-state index < -0.39 is 0 Å². The van der Waals surface area contributed by atoms with Crippen LogP contribution in [0.15, 0.2) is 40.4 Å². The molecule has 0 fully saturated rings. The van der Waals surface area contributed by atoms with Crippen molar-refractivity contribution in [3.05, 3.63) is 47.3 Å². The first-order valence-electron chi connectivity index (χ1n) is 6.08. The molecule has 4 nitrogen and oxygen atoms in total. The van der Waals surface area contributed by atoms with E-state index in [9.17, 15) is 0 Å². The zero-order valence-corrected chi connectivity index (χ0v) is 11.9. The molecule has 2 aromatic heterocycles. The molecule has 0 saturated carbocycles. The van der Waals surface area contributed by atoms with Crippen molar-refractivity contribution < 1.29 is 0 Å². The van der Waals surface area contributed by atoms with E-state index in [1.165, 1.54) is 0 Å². The molecule has 96 valence electrons. The zero-order valence-electron chi connectivity index (χ0n) is 11.1. The molecule has 0 bridgehead atoms. The second-order valence-electron chi connectivity index (χ2n) is 4.43. The fraction of sp³-hybridized carbons (Fsp3) is 0.214. The molecule has 0 saturated heterocycles. The molecule has 0 spiro atoms. The van der Waals surface area contributed by atoms with Crippen molar-refractivity contribution in [2.75, 3.05) is 0 Å². The number of aromatic nitrogens is 4. The topological polar surface area (TPSA) is 43.1 Å². The number of hydrogen-bond donors (Lipinski definition) is 0. The Balaban J connectivity index is 2.05. The maximum absolute atomic E-state index is 4.52. The largest absolute Gasteiger partial charge is 0.253 e. The molecule has 0 radical (unpaired) electrons. The molecule has 5 heteroatoms. The summed E-state index contributed by atoms with van der Waals surface area (Å²) in [6, 6.07) is 10.1. The van der Waals surface area contributed by atoms with Crippen molar-refractivity contribution in [2.24, 2.45) is 0 Å². The Hall–Kier alpha value is -1.88. The van der Waals surface area contributed by atoms with Gasteiger partial charge in [0, 0.05) is 16.3 Å². The smallest absolute Gasteiger partial charge is 0.216 e. The van der Waals surface area contributed by atoms with Gasteiger partial charge >= 0.3 is 0 Å². The van der Waals surface area contributed by atoms with Gasteiger partial charge in [-0.15, -0.1) is 5.10 Å². The number of hydrogen-bond acceptors (Lipinski definition) is 4. The van der Waals surface area contributed by atoms with Gasteiger partial charge < -0.3 is 0 Å². The number of rotatable bonds is 2. The Kier molecular flexibility index (Phi) is 2.98. The molecule has 19 heavy (non-hydrogen) atoms. The van der Waals surface area contributed by atoms with Gasteiger partial charge in [0.15, 0.2) is 0 Å². The van der Waals surface area contributed by atoms with Crippen molar-refractivity contribution in [1.82, 2.24) is 19.6 Å². The van der Waals surface area contributed by atoms with Crippen LogP contribution in [-0.2, 0) is 0 Å². The highest BCUT2D eigenvalue weighted by Crippen LogP contribution is 2.25. The Morgan fingerprint density at radius 2 is 1.74 bits per heavy atom. The van der Waals surface area contributed by atoms with E-state index in [1.807, 2.05) is 48.7 Å². The Morgan fingerprint density at radius 3 is 2.47 bits per heavy atom. The van der Waals surface area contributed by atoms with Gasteiger partial charge in [-0.25, -0.2) is 9.50 Å². The van der Waals surface area contributed by atoms with Gasteiger partial charge in [0.2, 0.25) is 5.16 Å². The third kappa shape index (κ3) is 2.21. The van der Waals surface area contributed by atoms with Gasteiger partial charge in [-0.1, -0.05) is 18.2 Å². The summed E-state index contributed by atoms with van der Waals surface area (Å²) in [5.74, 6) is 0.666. The summed E-state index contributed by atoms with van der Waals surface area (Å²) in [4.78, 5) is 10.1. The van der Waals surface area contributed by atoms with Crippen LogP contribution in [0, 0.1) is 20.8 Å². The second kappa shape index (κ2) is 4.66. The molecule has 0 unspecified atom stereocenters. The first-order valence-corrected chi connectivity index (χ1v) is 6.90. The molecule has 0 amide bonds. The lowest BCUT2D eigenvalue weighted by Crippen LogP contribution is -2.02. The predicted molar refractivity (Wildman–Crippen MR) is 75.6 cm³/mol. The summed E-state index contributed by atoms with van der Waals surface area (Å²) in [6.45, 7) is 6.10. The van der Waals surface area contributed by atoms with Gasteiger partial charge in [-0.2, -0.15) is 4.98 Å². The maximum atomic E-state index is 4.52. The van der Waals surface area contributed by atoms with Crippen LogP contribution in [0.1, 0.15) is 17.0 Å². The van der Waals surface area contributed by atoms with Crippen LogP contribution in [0.25, 0.3) is 5.78 Å². The quantitative estimate of drug-likeness (QED) is 0.717. The molecular weight excluding hydrogens is 256 g/mol. The average Bonchev–Trinajstić information content (AvgIpc) is 2.80. The van der Waals surface area contributed by atoms with Crippen LogP contribution in [0.2, 0.25) is 0 Å². The second-order valence-corrected chi connectivity index (χ2v) is 5.47. The molecule has 0 aliphatic carbocycles. The number of benzene rings is 1. The summed E-state index contributed by atoms with van der Waals surface area (Å²) in [5, 5.41) is 5.24. The van der Waals surface area contributed by atoms with Gasteiger partial charge in [-0.05, 0) is 50.2 Å². The number of nitrogens with zero attached hydrogens (tertiary/aromatic N) is 4. The highest BCUT2D eigenvalue weighted by molar-refractivity contribution is 7.99. The van der Waals surface area contributed by atoms with Gasteiger partial charge in [0.05, 0.1) is 0 Å². The van der Waals surface area contributed by atoms with Gasteiger partial charge in [0.25, 0.3) is 5.78 Å². The Morgan fingerprint density at radius 1 is 1.00 bits per heavy atom. The van der Waals surface area contributed by atoms with E-state index in [2.05, 4.69) is 22.0 Å². The summed E-state index contributed by atoms with van der Waals surface area (Å²) < 4.78 is 1.81. The van der Waals surface area contributed by atoms with Crippen LogP contribution < -0.4 is 0 Å². The van der Waals surface area contributed by atoms with Crippen LogP contribution in [0.3, 0.4) is 0 Å². The third-order valence-corrected chi connectivity index (χ3v) is 4.06. The Bertz CT molecular complexity index is 734. The standard InChI is InChI=1S/C14H14N4S/c1-9-10(2)15-13-16-14(17-18(13)11(9)3)19-12-7-5-4-6-8-12/h4-8H,1-3H3. The van der Waals surface area contributed by atoms with Crippen molar-refractivity contribution in [2.45, 2.75) is 30.8 Å². The zero-order chi connectivity index (χ0) is 13.4. The summed E-state index contributed by atoms with van der Waals surface area (Å²) >= 11 is 1.55. The summed E-state index contributed by atoms with van der Waals surface area (Å²) in [6.07, 6.45) is 0. The molecule has 0 N–H and O–H groups in total. The molecule has 0 aliphatic rings. The lowest BCUT2D eigenvalue weighted by Gasteiger charge is -2.04. The van der Waals surface area contributed by atoms with E-state index >= 15 is 0 Å². The van der Waals surface area contributed by atoms with Crippen LogP contribution in [0.5, 0.6) is 0 Å². The van der Waals surface area contributed by atoms with Crippen molar-refractivity contribution >= 4 is 17.5 Å². The summed E-state index contributed by atoms with van der Waals surface area (Å²) in [7, 11) is 0. The fourth-order valence-corrected chi connectivity index (χ4v) is 2.63. The Labute approximate surface area is 115 Å². The first-order chi connectivity index (χ1) is 9.15.